The molecule has 2 unspecified atom stereocenters. The molecule has 116 valence electrons. The number of hydrogen-bond donors (Lipinski definition) is 1. The average Bonchev–Trinajstić information content (AvgIpc) is 2.47. The first kappa shape index (κ1) is 16.0. The fourth-order valence-electron chi connectivity index (χ4n) is 2.80. The minimum atomic E-state index is -3.82. The van der Waals surface area contributed by atoms with Crippen LogP contribution in [0.1, 0.15) is 49.4 Å². The number of benzene rings is 1. The van der Waals surface area contributed by atoms with Crippen LogP contribution in [0.5, 0.6) is 0 Å². The second-order valence-corrected chi connectivity index (χ2v) is 7.03. The molecule has 2 N–H and O–H groups in total. The second-order valence-electron chi connectivity index (χ2n) is 5.47. The Labute approximate surface area is 125 Å². The number of carbonyl (C=O) groups excluding carboxylic acids is 1. The summed E-state index contributed by atoms with van der Waals surface area (Å²) < 4.78 is 28.2. The van der Waals surface area contributed by atoms with Crippen LogP contribution in [0.15, 0.2) is 29.2 Å². The molecule has 1 aromatic carbocycles. The van der Waals surface area contributed by atoms with Crippen LogP contribution in [-0.4, -0.2) is 20.5 Å². The largest absolute Gasteiger partial charge is 0.458 e. The van der Waals surface area contributed by atoms with E-state index < -0.39 is 16.0 Å². The number of ether oxygens (including phenoxy) is 1. The van der Waals surface area contributed by atoms with Gasteiger partial charge in [-0.05, 0) is 49.8 Å². The second kappa shape index (κ2) is 6.58. The molecule has 5 nitrogen and oxygen atoms in total. The summed E-state index contributed by atoms with van der Waals surface area (Å²) in [4.78, 5) is 12.1. The van der Waals surface area contributed by atoms with E-state index in [1.165, 1.54) is 24.6 Å². The van der Waals surface area contributed by atoms with Crippen LogP contribution in [0.2, 0.25) is 0 Å². The Morgan fingerprint density at radius 1 is 1.33 bits per heavy atom. The third-order valence-electron chi connectivity index (χ3n) is 4.02. The molecule has 0 spiro atoms. The summed E-state index contributed by atoms with van der Waals surface area (Å²) in [6, 6.07) is 5.66. The summed E-state index contributed by atoms with van der Waals surface area (Å²) in [5, 5.41) is 5.07. The fourth-order valence-corrected chi connectivity index (χ4v) is 3.36. The molecule has 0 heterocycles. The Bertz CT molecular complexity index is 612. The summed E-state index contributed by atoms with van der Waals surface area (Å²) in [5.74, 6) is -0.0880. The Kier molecular flexibility index (Phi) is 5.00. The Morgan fingerprint density at radius 3 is 2.71 bits per heavy atom. The van der Waals surface area contributed by atoms with Gasteiger partial charge < -0.3 is 4.74 Å². The maximum absolute atomic E-state index is 12.2. The first-order valence-corrected chi connectivity index (χ1v) is 8.80. The smallest absolute Gasteiger partial charge is 0.338 e. The SMILES string of the molecule is CCC1CCCCC1OC(=O)c1cccc(S(N)(=O)=O)c1. The molecular weight excluding hydrogens is 290 g/mol. The molecule has 0 aliphatic heterocycles. The molecule has 0 radical (unpaired) electrons. The number of primary sulfonamides is 1. The zero-order valence-corrected chi connectivity index (χ0v) is 12.9. The number of esters is 1. The first-order chi connectivity index (χ1) is 9.91. The molecule has 0 bridgehead atoms. The zero-order valence-electron chi connectivity index (χ0n) is 12.1. The van der Waals surface area contributed by atoms with Crippen LogP contribution in [0.4, 0.5) is 0 Å². The Hall–Kier alpha value is -1.40. The summed E-state index contributed by atoms with van der Waals surface area (Å²) >= 11 is 0. The zero-order chi connectivity index (χ0) is 15.5. The number of rotatable bonds is 4. The average molecular weight is 311 g/mol. The molecule has 1 fully saturated rings. The van der Waals surface area contributed by atoms with Crippen molar-refractivity contribution in [3.8, 4) is 0 Å². The molecular formula is C15H21NO4S. The lowest BCUT2D eigenvalue weighted by Gasteiger charge is -2.30. The third kappa shape index (κ3) is 4.04. The number of nitrogens with two attached hydrogens (primary N) is 1. The minimum absolute atomic E-state index is 0.0746. The van der Waals surface area contributed by atoms with Crippen LogP contribution in [0.25, 0.3) is 0 Å². The quantitative estimate of drug-likeness (QED) is 0.865. The van der Waals surface area contributed by atoms with Crippen LogP contribution >= 0.6 is 0 Å². The van der Waals surface area contributed by atoms with E-state index in [4.69, 9.17) is 9.88 Å². The summed E-state index contributed by atoms with van der Waals surface area (Å²) in [7, 11) is -3.82. The number of sulfonamides is 1. The summed E-state index contributed by atoms with van der Waals surface area (Å²) in [6.45, 7) is 2.10. The molecule has 0 saturated heterocycles. The number of carbonyl (C=O) groups is 1. The molecule has 1 saturated carbocycles. The van der Waals surface area contributed by atoms with E-state index in [2.05, 4.69) is 6.92 Å². The van der Waals surface area contributed by atoms with E-state index in [1.807, 2.05) is 0 Å². The van der Waals surface area contributed by atoms with Crippen molar-refractivity contribution in [3.05, 3.63) is 29.8 Å². The standard InChI is InChI=1S/C15H21NO4S/c1-2-11-6-3-4-9-14(11)20-15(17)12-7-5-8-13(10-12)21(16,18)19/h5,7-8,10-11,14H,2-4,6,9H2,1H3,(H2,16,18,19). The Morgan fingerprint density at radius 2 is 2.05 bits per heavy atom. The summed E-state index contributed by atoms with van der Waals surface area (Å²) in [6.07, 6.45) is 5.09. The van der Waals surface area contributed by atoms with Gasteiger partial charge in [-0.3, -0.25) is 0 Å². The highest BCUT2D eigenvalue weighted by Crippen LogP contribution is 2.29. The van der Waals surface area contributed by atoms with Gasteiger partial charge in [-0.1, -0.05) is 19.4 Å². The van der Waals surface area contributed by atoms with Crippen molar-refractivity contribution in [2.75, 3.05) is 0 Å². The van der Waals surface area contributed by atoms with Crippen LogP contribution in [0.3, 0.4) is 0 Å². The van der Waals surface area contributed by atoms with Crippen molar-refractivity contribution in [2.24, 2.45) is 11.1 Å². The van der Waals surface area contributed by atoms with Crippen LogP contribution in [0, 0.1) is 5.92 Å². The van der Waals surface area contributed by atoms with Gasteiger partial charge in [0.1, 0.15) is 6.10 Å². The van der Waals surface area contributed by atoms with Gasteiger partial charge in [-0.2, -0.15) is 0 Å². The lowest BCUT2D eigenvalue weighted by atomic mass is 9.85. The van der Waals surface area contributed by atoms with Crippen molar-refractivity contribution < 1.29 is 17.9 Å². The van der Waals surface area contributed by atoms with Gasteiger partial charge in [0.15, 0.2) is 0 Å². The highest BCUT2D eigenvalue weighted by Gasteiger charge is 2.27. The monoisotopic (exact) mass is 311 g/mol. The molecule has 1 aromatic rings. The van der Waals surface area contributed by atoms with Crippen molar-refractivity contribution >= 4 is 16.0 Å². The molecule has 1 aliphatic rings. The van der Waals surface area contributed by atoms with E-state index in [-0.39, 0.29) is 16.6 Å². The molecule has 1 aliphatic carbocycles. The van der Waals surface area contributed by atoms with Gasteiger partial charge >= 0.3 is 5.97 Å². The molecule has 0 amide bonds. The predicted molar refractivity (Wildman–Crippen MR) is 79.3 cm³/mol. The van der Waals surface area contributed by atoms with Crippen LogP contribution in [-0.2, 0) is 14.8 Å². The van der Waals surface area contributed by atoms with Gasteiger partial charge in [0.2, 0.25) is 10.0 Å². The fraction of sp³-hybridized carbons (Fsp3) is 0.533. The Balaban J connectivity index is 2.13. The maximum Gasteiger partial charge on any atom is 0.338 e. The molecule has 2 rings (SSSR count). The lowest BCUT2D eigenvalue weighted by Crippen LogP contribution is -2.29. The normalized spacial score (nSPS) is 22.8. The minimum Gasteiger partial charge on any atom is -0.458 e. The number of hydrogen-bond acceptors (Lipinski definition) is 4. The van der Waals surface area contributed by atoms with Gasteiger partial charge in [-0.25, -0.2) is 18.4 Å². The van der Waals surface area contributed by atoms with Gasteiger partial charge in [0, 0.05) is 0 Å². The van der Waals surface area contributed by atoms with E-state index in [9.17, 15) is 13.2 Å². The molecule has 6 heteroatoms. The molecule has 2 atom stereocenters. The highest BCUT2D eigenvalue weighted by atomic mass is 32.2. The topological polar surface area (TPSA) is 86.5 Å². The maximum atomic E-state index is 12.2. The molecule has 21 heavy (non-hydrogen) atoms. The molecule has 0 aromatic heterocycles. The van der Waals surface area contributed by atoms with E-state index in [1.54, 1.807) is 6.07 Å². The summed E-state index contributed by atoms with van der Waals surface area (Å²) in [5.41, 5.74) is 0.224. The predicted octanol–water partition coefficient (Wildman–Crippen LogP) is 2.46. The van der Waals surface area contributed by atoms with Crippen molar-refractivity contribution in [3.63, 3.8) is 0 Å². The highest BCUT2D eigenvalue weighted by molar-refractivity contribution is 7.89. The lowest BCUT2D eigenvalue weighted by molar-refractivity contribution is 0.000685. The first-order valence-electron chi connectivity index (χ1n) is 7.25. The van der Waals surface area contributed by atoms with E-state index >= 15 is 0 Å². The van der Waals surface area contributed by atoms with Crippen LogP contribution < -0.4 is 5.14 Å². The van der Waals surface area contributed by atoms with Crippen molar-refractivity contribution in [1.82, 2.24) is 0 Å². The van der Waals surface area contributed by atoms with Crippen molar-refractivity contribution in [1.29, 1.82) is 0 Å². The van der Waals surface area contributed by atoms with E-state index in [0.29, 0.717) is 5.92 Å². The van der Waals surface area contributed by atoms with Gasteiger partial charge in [-0.15, -0.1) is 0 Å². The van der Waals surface area contributed by atoms with Gasteiger partial charge in [0.25, 0.3) is 0 Å². The third-order valence-corrected chi connectivity index (χ3v) is 4.93. The van der Waals surface area contributed by atoms with Gasteiger partial charge in [0.05, 0.1) is 10.5 Å². The van der Waals surface area contributed by atoms with Crippen molar-refractivity contribution in [2.45, 2.75) is 50.0 Å². The van der Waals surface area contributed by atoms with E-state index in [0.717, 1.165) is 25.7 Å².